The Morgan fingerprint density at radius 3 is 2.52 bits per heavy atom. The number of carbonyl (C=O) groups excluding carboxylic acids is 1. The highest BCUT2D eigenvalue weighted by atomic mass is 79.9. The molecule has 0 radical (unpaired) electrons. The van der Waals surface area contributed by atoms with Crippen LogP contribution in [-0.2, 0) is 0 Å². The monoisotopic (exact) mass is 354 g/mol. The molecule has 1 atom stereocenters. The Hall–Kier alpha value is -1.75. The van der Waals surface area contributed by atoms with Crippen LogP contribution in [0.15, 0.2) is 42.5 Å². The van der Waals surface area contributed by atoms with E-state index in [1.54, 1.807) is 19.1 Å². The van der Waals surface area contributed by atoms with E-state index in [-0.39, 0.29) is 23.5 Å². The molecule has 21 heavy (non-hydrogen) atoms. The zero-order valence-electron chi connectivity index (χ0n) is 11.3. The molecular weight excluding hydrogens is 342 g/mol. The highest BCUT2D eigenvalue weighted by Crippen LogP contribution is 2.32. The molecule has 1 unspecified atom stereocenters. The lowest BCUT2D eigenvalue weighted by atomic mass is 10.1. The summed E-state index contributed by atoms with van der Waals surface area (Å²) in [6.07, 6.45) is 0.136. The van der Waals surface area contributed by atoms with Crippen LogP contribution in [-0.4, -0.2) is 5.78 Å². The summed E-state index contributed by atoms with van der Waals surface area (Å²) in [5.74, 6) is -2.32. The molecule has 0 saturated heterocycles. The van der Waals surface area contributed by atoms with Crippen molar-refractivity contribution in [1.29, 1.82) is 0 Å². The van der Waals surface area contributed by atoms with Crippen LogP contribution >= 0.6 is 15.9 Å². The van der Waals surface area contributed by atoms with E-state index in [0.29, 0.717) is 6.07 Å². The predicted molar refractivity (Wildman–Crippen MR) is 79.7 cm³/mol. The van der Waals surface area contributed by atoms with Crippen LogP contribution in [0.25, 0.3) is 0 Å². The number of halogens is 3. The Balaban J connectivity index is 2.37. The average molecular weight is 355 g/mol. The number of Topliss-reactive ketones (excluding diaryl/α,β-unsaturated/α-hetero) is 1. The topological polar surface area (TPSA) is 26.3 Å². The number of hydrogen-bond acceptors (Lipinski definition) is 2. The van der Waals surface area contributed by atoms with E-state index in [2.05, 4.69) is 15.9 Å². The van der Waals surface area contributed by atoms with Crippen LogP contribution in [0.2, 0.25) is 0 Å². The van der Waals surface area contributed by atoms with Crippen molar-refractivity contribution >= 4 is 21.7 Å². The van der Waals surface area contributed by atoms with Crippen molar-refractivity contribution in [3.8, 4) is 5.75 Å². The second kappa shape index (κ2) is 6.80. The molecule has 2 rings (SSSR count). The normalized spacial score (nSPS) is 12.0. The standard InChI is InChI=1S/C16H13BrF2O2/c1-2-14(20)12-8-11(18)9-13(19)15(12)21-16(17)10-6-4-3-5-7-10/h3-9,16H,2H2,1H3. The zero-order chi connectivity index (χ0) is 15.4. The Kier molecular flexibility index (Phi) is 5.07. The molecule has 2 aromatic carbocycles. The first-order chi connectivity index (χ1) is 10.0. The molecule has 0 aromatic heterocycles. The Bertz CT molecular complexity index is 644. The van der Waals surface area contributed by atoms with Gasteiger partial charge < -0.3 is 4.74 Å². The van der Waals surface area contributed by atoms with Crippen molar-refractivity contribution in [3.05, 3.63) is 65.2 Å². The number of hydrogen-bond donors (Lipinski definition) is 0. The molecule has 0 amide bonds. The Morgan fingerprint density at radius 1 is 1.24 bits per heavy atom. The first-order valence-corrected chi connectivity index (χ1v) is 7.32. The second-order valence-corrected chi connectivity index (χ2v) is 5.22. The molecular formula is C16H13BrF2O2. The van der Waals surface area contributed by atoms with Gasteiger partial charge in [-0.25, -0.2) is 8.78 Å². The van der Waals surface area contributed by atoms with Crippen molar-refractivity contribution < 1.29 is 18.3 Å². The molecule has 0 aliphatic carbocycles. The Labute approximate surface area is 129 Å². The SMILES string of the molecule is CCC(=O)c1cc(F)cc(F)c1OC(Br)c1ccccc1. The number of carbonyl (C=O) groups is 1. The smallest absolute Gasteiger partial charge is 0.178 e. The van der Waals surface area contributed by atoms with Gasteiger partial charge in [0.25, 0.3) is 0 Å². The van der Waals surface area contributed by atoms with Gasteiger partial charge in [0.1, 0.15) is 5.82 Å². The summed E-state index contributed by atoms with van der Waals surface area (Å²) < 4.78 is 32.7. The quantitative estimate of drug-likeness (QED) is 0.556. The summed E-state index contributed by atoms with van der Waals surface area (Å²) in [6.45, 7) is 1.62. The van der Waals surface area contributed by atoms with E-state index < -0.39 is 16.6 Å². The molecule has 2 aromatic rings. The van der Waals surface area contributed by atoms with E-state index in [0.717, 1.165) is 11.6 Å². The lowest BCUT2D eigenvalue weighted by molar-refractivity contribution is 0.0982. The van der Waals surface area contributed by atoms with Crippen molar-refractivity contribution in [2.24, 2.45) is 0 Å². The van der Waals surface area contributed by atoms with E-state index in [4.69, 9.17) is 4.74 Å². The maximum absolute atomic E-state index is 13.9. The first kappa shape index (κ1) is 15.6. The van der Waals surface area contributed by atoms with Gasteiger partial charge in [0, 0.05) is 18.1 Å². The van der Waals surface area contributed by atoms with Crippen LogP contribution in [0.3, 0.4) is 0 Å². The molecule has 5 heteroatoms. The van der Waals surface area contributed by atoms with Crippen LogP contribution in [0.4, 0.5) is 8.78 Å². The third-order valence-corrected chi connectivity index (χ3v) is 3.63. The number of benzene rings is 2. The summed E-state index contributed by atoms with van der Waals surface area (Å²) in [5, 5.41) is -0.637. The van der Waals surface area contributed by atoms with Gasteiger partial charge in [-0.3, -0.25) is 4.79 Å². The molecule has 0 heterocycles. The third kappa shape index (κ3) is 3.67. The summed E-state index contributed by atoms with van der Waals surface area (Å²) in [6, 6.07) is 10.7. The highest BCUT2D eigenvalue weighted by molar-refractivity contribution is 9.09. The summed E-state index contributed by atoms with van der Waals surface area (Å²) >= 11 is 3.29. The molecule has 110 valence electrons. The van der Waals surface area contributed by atoms with Gasteiger partial charge in [0.15, 0.2) is 22.4 Å². The molecule has 0 saturated carbocycles. The van der Waals surface area contributed by atoms with Gasteiger partial charge in [-0.2, -0.15) is 0 Å². The minimum absolute atomic E-state index is 0.0876. The number of ether oxygens (including phenoxy) is 1. The van der Waals surface area contributed by atoms with E-state index in [1.165, 1.54) is 0 Å². The molecule has 0 fully saturated rings. The number of rotatable bonds is 5. The maximum atomic E-state index is 13.9. The molecule has 0 spiro atoms. The zero-order valence-corrected chi connectivity index (χ0v) is 12.9. The fourth-order valence-corrected chi connectivity index (χ4v) is 2.35. The van der Waals surface area contributed by atoms with E-state index in [9.17, 15) is 13.6 Å². The van der Waals surface area contributed by atoms with Crippen LogP contribution in [0.5, 0.6) is 5.75 Å². The largest absolute Gasteiger partial charge is 0.471 e. The lowest BCUT2D eigenvalue weighted by Crippen LogP contribution is -2.08. The fourth-order valence-electron chi connectivity index (χ4n) is 1.85. The van der Waals surface area contributed by atoms with Crippen molar-refractivity contribution in [2.75, 3.05) is 0 Å². The van der Waals surface area contributed by atoms with Gasteiger partial charge in [-0.15, -0.1) is 0 Å². The minimum atomic E-state index is -0.896. The highest BCUT2D eigenvalue weighted by Gasteiger charge is 2.21. The first-order valence-electron chi connectivity index (χ1n) is 6.40. The predicted octanol–water partition coefficient (Wildman–Crippen LogP) is 5.03. The van der Waals surface area contributed by atoms with Crippen LogP contribution in [0.1, 0.15) is 34.3 Å². The van der Waals surface area contributed by atoms with Crippen LogP contribution in [0, 0.1) is 11.6 Å². The number of ketones is 1. The van der Waals surface area contributed by atoms with E-state index in [1.807, 2.05) is 18.2 Å². The molecule has 0 aliphatic heterocycles. The van der Waals surface area contributed by atoms with Gasteiger partial charge in [-0.1, -0.05) is 37.3 Å². The maximum Gasteiger partial charge on any atom is 0.178 e. The Morgan fingerprint density at radius 2 is 1.90 bits per heavy atom. The fraction of sp³-hybridized carbons (Fsp3) is 0.188. The van der Waals surface area contributed by atoms with E-state index >= 15 is 0 Å². The lowest BCUT2D eigenvalue weighted by Gasteiger charge is -2.16. The van der Waals surface area contributed by atoms with Gasteiger partial charge in [-0.05, 0) is 22.0 Å². The summed E-state index contributed by atoms with van der Waals surface area (Å²) in [4.78, 5) is 11.8. The number of alkyl halides is 1. The van der Waals surface area contributed by atoms with Gasteiger partial charge in [0.05, 0.1) is 5.56 Å². The summed E-state index contributed by atoms with van der Waals surface area (Å²) in [5.41, 5.74) is 0.673. The molecule has 0 bridgehead atoms. The average Bonchev–Trinajstić information content (AvgIpc) is 2.49. The van der Waals surface area contributed by atoms with Crippen molar-refractivity contribution in [3.63, 3.8) is 0 Å². The molecule has 2 nitrogen and oxygen atoms in total. The minimum Gasteiger partial charge on any atom is -0.471 e. The summed E-state index contributed by atoms with van der Waals surface area (Å²) in [7, 11) is 0. The van der Waals surface area contributed by atoms with Gasteiger partial charge >= 0.3 is 0 Å². The second-order valence-electron chi connectivity index (χ2n) is 4.39. The third-order valence-electron chi connectivity index (χ3n) is 2.91. The molecule has 0 N–H and O–H groups in total. The molecule has 0 aliphatic rings. The van der Waals surface area contributed by atoms with Crippen molar-refractivity contribution in [1.82, 2.24) is 0 Å². The van der Waals surface area contributed by atoms with Gasteiger partial charge in [0.2, 0.25) is 0 Å². The van der Waals surface area contributed by atoms with Crippen LogP contribution < -0.4 is 4.74 Å². The van der Waals surface area contributed by atoms with Crippen molar-refractivity contribution in [2.45, 2.75) is 18.4 Å².